The normalized spacial score (nSPS) is 9.39. The summed E-state index contributed by atoms with van der Waals surface area (Å²) in [6.07, 6.45) is 5.02. The summed E-state index contributed by atoms with van der Waals surface area (Å²) in [7, 11) is 0. The third-order valence-corrected chi connectivity index (χ3v) is 2.33. The molecule has 0 aliphatic rings. The Balaban J connectivity index is 2.61. The number of ketones is 1. The first-order chi connectivity index (χ1) is 8.54. The molecule has 1 N–H and O–H groups in total. The molecule has 0 radical (unpaired) electrons. The Morgan fingerprint density at radius 1 is 1.44 bits per heavy atom. The molecule has 1 rings (SSSR count). The highest BCUT2D eigenvalue weighted by atomic mass is 16.5. The van der Waals surface area contributed by atoms with E-state index in [0.717, 1.165) is 5.56 Å². The molecule has 1 aromatic carbocycles. The average molecular weight is 245 g/mol. The van der Waals surface area contributed by atoms with Gasteiger partial charge >= 0.3 is 0 Å². The van der Waals surface area contributed by atoms with Gasteiger partial charge in [0.15, 0.2) is 12.4 Å². The van der Waals surface area contributed by atoms with Crippen molar-refractivity contribution in [2.75, 3.05) is 13.2 Å². The van der Waals surface area contributed by atoms with E-state index in [1.165, 1.54) is 6.92 Å². The molecule has 18 heavy (non-hydrogen) atoms. The smallest absolute Gasteiger partial charge is 0.258 e. The lowest BCUT2D eigenvalue weighted by Gasteiger charge is -2.09. The number of terminal acetylenes is 1. The second kappa shape index (κ2) is 6.45. The SMILES string of the molecule is C#CCNC(=O)COc1ccc(C(C)=O)cc1C. The van der Waals surface area contributed by atoms with Crippen LogP contribution < -0.4 is 10.1 Å². The molecule has 0 atom stereocenters. The molecule has 0 spiro atoms. The van der Waals surface area contributed by atoms with E-state index < -0.39 is 0 Å². The van der Waals surface area contributed by atoms with Crippen molar-refractivity contribution in [2.45, 2.75) is 13.8 Å². The number of aryl methyl sites for hydroxylation is 1. The first-order valence-corrected chi connectivity index (χ1v) is 5.49. The van der Waals surface area contributed by atoms with Crippen molar-refractivity contribution in [1.29, 1.82) is 0 Å². The first kappa shape index (κ1) is 13.8. The zero-order valence-corrected chi connectivity index (χ0v) is 10.4. The zero-order valence-electron chi connectivity index (χ0n) is 10.4. The molecule has 94 valence electrons. The molecule has 0 unspecified atom stereocenters. The number of benzene rings is 1. The van der Waals surface area contributed by atoms with Crippen LogP contribution in [0.4, 0.5) is 0 Å². The number of Topliss-reactive ketones (excluding diaryl/α,β-unsaturated/α-hetero) is 1. The van der Waals surface area contributed by atoms with Gasteiger partial charge in [0.05, 0.1) is 6.54 Å². The van der Waals surface area contributed by atoms with Crippen molar-refractivity contribution < 1.29 is 14.3 Å². The second-order valence-electron chi connectivity index (χ2n) is 3.81. The van der Waals surface area contributed by atoms with Gasteiger partial charge in [0.2, 0.25) is 0 Å². The van der Waals surface area contributed by atoms with Gasteiger partial charge in [-0.25, -0.2) is 0 Å². The van der Waals surface area contributed by atoms with E-state index in [1.54, 1.807) is 18.2 Å². The maximum absolute atomic E-state index is 11.3. The van der Waals surface area contributed by atoms with E-state index in [0.29, 0.717) is 11.3 Å². The predicted molar refractivity (Wildman–Crippen MR) is 68.5 cm³/mol. The molecule has 0 saturated carbocycles. The van der Waals surface area contributed by atoms with Crippen molar-refractivity contribution in [3.63, 3.8) is 0 Å². The van der Waals surface area contributed by atoms with Gasteiger partial charge in [0.25, 0.3) is 5.91 Å². The number of amides is 1. The van der Waals surface area contributed by atoms with E-state index in [-0.39, 0.29) is 24.8 Å². The molecular formula is C14H15NO3. The Morgan fingerprint density at radius 3 is 2.72 bits per heavy atom. The summed E-state index contributed by atoms with van der Waals surface area (Å²) in [4.78, 5) is 22.4. The lowest BCUT2D eigenvalue weighted by molar-refractivity contribution is -0.122. The molecule has 0 bridgehead atoms. The molecule has 4 nitrogen and oxygen atoms in total. The summed E-state index contributed by atoms with van der Waals surface area (Å²) in [5, 5.41) is 2.50. The summed E-state index contributed by atoms with van der Waals surface area (Å²) in [6.45, 7) is 3.41. The van der Waals surface area contributed by atoms with Crippen molar-refractivity contribution in [3.05, 3.63) is 29.3 Å². The van der Waals surface area contributed by atoms with Gasteiger partial charge in [-0.2, -0.15) is 0 Å². The number of nitrogens with one attached hydrogen (secondary N) is 1. The largest absolute Gasteiger partial charge is 0.484 e. The van der Waals surface area contributed by atoms with E-state index in [1.807, 2.05) is 6.92 Å². The monoisotopic (exact) mass is 245 g/mol. The molecule has 4 heteroatoms. The van der Waals surface area contributed by atoms with Crippen LogP contribution in [-0.4, -0.2) is 24.8 Å². The van der Waals surface area contributed by atoms with E-state index >= 15 is 0 Å². The highest BCUT2D eigenvalue weighted by Crippen LogP contribution is 2.19. The molecular weight excluding hydrogens is 230 g/mol. The van der Waals surface area contributed by atoms with Gasteiger partial charge in [0, 0.05) is 5.56 Å². The molecule has 0 aromatic heterocycles. The van der Waals surface area contributed by atoms with Crippen molar-refractivity contribution in [3.8, 4) is 18.1 Å². The van der Waals surface area contributed by atoms with Gasteiger partial charge in [-0.1, -0.05) is 5.92 Å². The van der Waals surface area contributed by atoms with Crippen LogP contribution in [0.5, 0.6) is 5.75 Å². The number of ether oxygens (including phenoxy) is 1. The Kier molecular flexibility index (Phi) is 4.94. The number of carbonyl (C=O) groups excluding carboxylic acids is 2. The molecule has 1 amide bonds. The van der Waals surface area contributed by atoms with Gasteiger partial charge in [-0.3, -0.25) is 9.59 Å². The van der Waals surface area contributed by atoms with E-state index in [2.05, 4.69) is 11.2 Å². The highest BCUT2D eigenvalue weighted by Gasteiger charge is 2.06. The van der Waals surface area contributed by atoms with Crippen molar-refractivity contribution >= 4 is 11.7 Å². The Morgan fingerprint density at radius 2 is 2.17 bits per heavy atom. The number of rotatable bonds is 5. The predicted octanol–water partition coefficient (Wildman–Crippen LogP) is 1.33. The van der Waals surface area contributed by atoms with Crippen molar-refractivity contribution in [1.82, 2.24) is 5.32 Å². The molecule has 0 saturated heterocycles. The topological polar surface area (TPSA) is 55.4 Å². The zero-order chi connectivity index (χ0) is 13.5. The van der Waals surface area contributed by atoms with E-state index in [9.17, 15) is 9.59 Å². The van der Waals surface area contributed by atoms with E-state index in [4.69, 9.17) is 11.2 Å². The molecule has 0 aliphatic carbocycles. The first-order valence-electron chi connectivity index (χ1n) is 5.49. The van der Waals surface area contributed by atoms with Crippen LogP contribution in [-0.2, 0) is 4.79 Å². The lowest BCUT2D eigenvalue weighted by atomic mass is 10.1. The number of hydrogen-bond acceptors (Lipinski definition) is 3. The van der Waals surface area contributed by atoms with Gasteiger partial charge < -0.3 is 10.1 Å². The summed E-state index contributed by atoms with van der Waals surface area (Å²) in [5.74, 6) is 2.60. The maximum Gasteiger partial charge on any atom is 0.258 e. The van der Waals surface area contributed by atoms with Crippen LogP contribution in [0.25, 0.3) is 0 Å². The highest BCUT2D eigenvalue weighted by molar-refractivity contribution is 5.94. The van der Waals surface area contributed by atoms with Crippen molar-refractivity contribution in [2.24, 2.45) is 0 Å². The van der Waals surface area contributed by atoms with Crippen LogP contribution in [0.3, 0.4) is 0 Å². The van der Waals surface area contributed by atoms with Gasteiger partial charge in [-0.15, -0.1) is 6.42 Å². The van der Waals surface area contributed by atoms with Crippen LogP contribution in [0.2, 0.25) is 0 Å². The minimum Gasteiger partial charge on any atom is -0.484 e. The summed E-state index contributed by atoms with van der Waals surface area (Å²) >= 11 is 0. The molecule has 1 aromatic rings. The summed E-state index contributed by atoms with van der Waals surface area (Å²) < 4.78 is 5.34. The fraction of sp³-hybridized carbons (Fsp3) is 0.286. The second-order valence-corrected chi connectivity index (χ2v) is 3.81. The average Bonchev–Trinajstić information content (AvgIpc) is 2.34. The van der Waals surface area contributed by atoms with Gasteiger partial charge in [-0.05, 0) is 37.6 Å². The van der Waals surface area contributed by atoms with Crippen LogP contribution in [0, 0.1) is 19.3 Å². The number of carbonyl (C=O) groups is 2. The van der Waals surface area contributed by atoms with Crippen LogP contribution in [0.15, 0.2) is 18.2 Å². The molecule has 0 heterocycles. The standard InChI is InChI=1S/C14H15NO3/c1-4-7-15-14(17)9-18-13-6-5-12(11(3)16)8-10(13)2/h1,5-6,8H,7,9H2,2-3H3,(H,15,17). The molecule has 0 fully saturated rings. The van der Waals surface area contributed by atoms with Crippen LogP contribution >= 0.6 is 0 Å². The molecule has 0 aliphatic heterocycles. The van der Waals surface area contributed by atoms with Gasteiger partial charge in [0.1, 0.15) is 5.75 Å². The third kappa shape index (κ3) is 3.95. The quantitative estimate of drug-likeness (QED) is 0.629. The fourth-order valence-corrected chi connectivity index (χ4v) is 1.37. The summed E-state index contributed by atoms with van der Waals surface area (Å²) in [6, 6.07) is 5.08. The lowest BCUT2D eigenvalue weighted by Crippen LogP contribution is -2.29. The Hall–Kier alpha value is -2.28. The number of hydrogen-bond donors (Lipinski definition) is 1. The Labute approximate surface area is 106 Å². The summed E-state index contributed by atoms with van der Waals surface area (Å²) in [5.41, 5.74) is 1.43. The third-order valence-electron chi connectivity index (χ3n) is 2.33. The van der Waals surface area contributed by atoms with Crippen LogP contribution in [0.1, 0.15) is 22.8 Å². The maximum atomic E-state index is 11.3. The minimum absolute atomic E-state index is 0.00332. The Bertz CT molecular complexity index is 500. The minimum atomic E-state index is -0.275. The fourth-order valence-electron chi connectivity index (χ4n) is 1.37.